The van der Waals surface area contributed by atoms with Crippen LogP contribution in [0.25, 0.3) is 0 Å². The minimum atomic E-state index is -1.96. The maximum Gasteiger partial charge on any atom is 0.333 e. The molecule has 0 saturated carbocycles. The lowest BCUT2D eigenvalue weighted by Crippen LogP contribution is -2.43. The largest absolute Gasteiger partial charge is 0.478 e. The molecule has 0 radical (unpaired) electrons. The molecule has 0 bridgehead atoms. The topological polar surface area (TPSA) is 107 Å². The van der Waals surface area contributed by atoms with E-state index in [1.807, 2.05) is 13.0 Å². The summed E-state index contributed by atoms with van der Waals surface area (Å²) in [6.07, 6.45) is 2.95. The zero-order valence-electron chi connectivity index (χ0n) is 16.3. The molecule has 0 amide bonds. The zero-order valence-corrected chi connectivity index (χ0v) is 17.3. The second kappa shape index (κ2) is 8.83. The molecule has 0 aliphatic carbocycles. The number of nitrogens with one attached hydrogen (secondary N) is 2. The van der Waals surface area contributed by atoms with Crippen LogP contribution in [0.2, 0.25) is 18.1 Å². The molecule has 7 nitrogen and oxygen atoms in total. The lowest BCUT2D eigenvalue weighted by molar-refractivity contribution is -0.133. The molecule has 3 N–H and O–H groups in total. The summed E-state index contributed by atoms with van der Waals surface area (Å²) in [6.45, 7) is 12.6. The van der Waals surface area contributed by atoms with Crippen LogP contribution in [0.1, 0.15) is 39.7 Å². The van der Waals surface area contributed by atoms with E-state index in [0.29, 0.717) is 11.4 Å². The van der Waals surface area contributed by atoms with Crippen LogP contribution in [-0.2, 0) is 9.22 Å². The average molecular weight is 377 g/mol. The van der Waals surface area contributed by atoms with Crippen molar-refractivity contribution in [3.63, 3.8) is 0 Å². The van der Waals surface area contributed by atoms with E-state index < -0.39 is 14.3 Å². The smallest absolute Gasteiger partial charge is 0.333 e. The molecule has 1 atom stereocenters. The Morgan fingerprint density at radius 2 is 2.15 bits per heavy atom. The summed E-state index contributed by atoms with van der Waals surface area (Å²) < 4.78 is 6.22. The lowest BCUT2D eigenvalue weighted by atomic mass is 10.1. The molecule has 8 heteroatoms. The molecule has 1 unspecified atom stereocenters. The van der Waals surface area contributed by atoms with Gasteiger partial charge in [-0.1, -0.05) is 20.8 Å². The van der Waals surface area contributed by atoms with Crippen LogP contribution in [0.3, 0.4) is 0 Å². The van der Waals surface area contributed by atoms with Gasteiger partial charge < -0.3 is 15.0 Å². The zero-order chi connectivity index (χ0) is 20.0. The van der Waals surface area contributed by atoms with E-state index in [1.165, 1.54) is 12.4 Å². The Labute approximate surface area is 156 Å². The Morgan fingerprint density at radius 1 is 1.50 bits per heavy atom. The van der Waals surface area contributed by atoms with Crippen LogP contribution in [0.15, 0.2) is 30.1 Å². The van der Waals surface area contributed by atoms with Gasteiger partial charge in [-0.3, -0.25) is 5.43 Å². The Bertz CT molecular complexity index is 705. The summed E-state index contributed by atoms with van der Waals surface area (Å²) in [6, 6.07) is 5.16. The van der Waals surface area contributed by atoms with Crippen LogP contribution in [-0.4, -0.2) is 30.5 Å². The van der Waals surface area contributed by atoms with Crippen LogP contribution in [0.5, 0.6) is 0 Å². The number of carboxylic acid groups (broad SMARTS) is 1. The number of anilines is 1. The number of hydrazine groups is 1. The van der Waals surface area contributed by atoms with Crippen molar-refractivity contribution in [2.45, 2.75) is 58.4 Å². The maximum atomic E-state index is 11.5. The lowest BCUT2D eigenvalue weighted by Gasteiger charge is -2.38. The van der Waals surface area contributed by atoms with E-state index in [4.69, 9.17) is 9.69 Å². The number of aliphatic carboxylic acids is 1. The molecule has 0 spiro atoms. The van der Waals surface area contributed by atoms with E-state index in [1.54, 1.807) is 12.1 Å². The van der Waals surface area contributed by atoms with Crippen LogP contribution < -0.4 is 10.9 Å². The van der Waals surface area contributed by atoms with E-state index >= 15 is 0 Å². The van der Waals surface area contributed by atoms with Crippen molar-refractivity contribution in [3.8, 4) is 6.07 Å². The number of nitrogens with zero attached hydrogens (tertiary/aromatic N) is 2. The van der Waals surface area contributed by atoms with E-state index in [-0.39, 0.29) is 23.1 Å². The maximum absolute atomic E-state index is 11.5. The molecule has 0 aromatic carbocycles. The number of nitriles is 1. The number of aromatic nitrogens is 1. The monoisotopic (exact) mass is 376 g/mol. The number of carbonyl (C=O) groups is 1. The van der Waals surface area contributed by atoms with E-state index in [9.17, 15) is 9.90 Å². The normalized spacial score (nSPS) is 13.7. The third-order valence-electron chi connectivity index (χ3n) is 4.42. The summed E-state index contributed by atoms with van der Waals surface area (Å²) in [7, 11) is -1.96. The van der Waals surface area contributed by atoms with Crippen molar-refractivity contribution in [1.82, 2.24) is 10.4 Å². The fourth-order valence-corrected chi connectivity index (χ4v) is 3.45. The molecule has 0 saturated heterocycles. The molecule has 1 aromatic rings. The second-order valence-electron chi connectivity index (χ2n) is 7.68. The van der Waals surface area contributed by atoms with Crippen LogP contribution in [0, 0.1) is 11.3 Å². The molecule has 142 valence electrons. The first-order chi connectivity index (χ1) is 12.0. The number of hydrogen-bond donors (Lipinski definition) is 3. The first-order valence-corrected chi connectivity index (χ1v) is 11.3. The van der Waals surface area contributed by atoms with Crippen molar-refractivity contribution in [1.29, 1.82) is 5.26 Å². The highest BCUT2D eigenvalue weighted by Gasteiger charge is 2.38. The van der Waals surface area contributed by atoms with Gasteiger partial charge in [-0.15, -0.1) is 0 Å². The van der Waals surface area contributed by atoms with Gasteiger partial charge in [0.25, 0.3) is 0 Å². The van der Waals surface area contributed by atoms with Gasteiger partial charge in [-0.05, 0) is 37.2 Å². The first kappa shape index (κ1) is 21.7. The predicted molar refractivity (Wildman–Crippen MR) is 104 cm³/mol. The summed E-state index contributed by atoms with van der Waals surface area (Å²) in [4.78, 5) is 15.5. The van der Waals surface area contributed by atoms with E-state index in [2.05, 4.69) is 49.7 Å². The van der Waals surface area contributed by atoms with E-state index in [0.717, 1.165) is 0 Å². The Morgan fingerprint density at radius 3 is 2.69 bits per heavy atom. The van der Waals surface area contributed by atoms with Gasteiger partial charge >= 0.3 is 5.97 Å². The number of pyridine rings is 1. The van der Waals surface area contributed by atoms with Crippen molar-refractivity contribution in [2.75, 3.05) is 5.43 Å². The SMILES string of the molecule is CC(CC(=CNNc1cc(C#N)ccn1)C(=O)O)O[Si](C)(C)C(C)(C)C. The van der Waals surface area contributed by atoms with Gasteiger partial charge in [0, 0.05) is 24.9 Å². The molecular weight excluding hydrogens is 348 g/mol. The summed E-state index contributed by atoms with van der Waals surface area (Å²) in [5.41, 5.74) is 6.15. The fraction of sp³-hybridized carbons (Fsp3) is 0.500. The number of rotatable bonds is 8. The molecule has 1 aromatic heterocycles. The Kier molecular flexibility index (Phi) is 7.36. The molecule has 1 rings (SSSR count). The first-order valence-electron chi connectivity index (χ1n) is 8.44. The Hall–Kier alpha value is -2.37. The quantitative estimate of drug-likeness (QED) is 0.361. The molecule has 0 aliphatic rings. The summed E-state index contributed by atoms with van der Waals surface area (Å²) in [5.74, 6) is -0.584. The molecular formula is C18H28N4O3Si. The minimum Gasteiger partial charge on any atom is -0.478 e. The van der Waals surface area contributed by atoms with Crippen molar-refractivity contribution in [3.05, 3.63) is 35.7 Å². The van der Waals surface area contributed by atoms with Gasteiger partial charge in [0.1, 0.15) is 5.82 Å². The van der Waals surface area contributed by atoms with Gasteiger partial charge in [0.05, 0.1) is 17.2 Å². The summed E-state index contributed by atoms with van der Waals surface area (Å²) >= 11 is 0. The van der Waals surface area contributed by atoms with Gasteiger partial charge in [-0.2, -0.15) is 5.26 Å². The standard InChI is InChI=1S/C18H28N4O3Si/c1-13(25-26(5,6)18(2,3)4)9-15(17(23)24)12-21-22-16-10-14(11-19)7-8-20-16/h7-8,10,12-13,21H,9H2,1-6H3,(H,20,22)(H,23,24). The molecule has 1 heterocycles. The number of hydrogen-bond acceptors (Lipinski definition) is 6. The van der Waals surface area contributed by atoms with Crippen molar-refractivity contribution >= 4 is 20.1 Å². The Balaban J connectivity index is 2.72. The predicted octanol–water partition coefficient (Wildman–Crippen LogP) is 3.64. The highest BCUT2D eigenvalue weighted by molar-refractivity contribution is 6.74. The van der Waals surface area contributed by atoms with Crippen molar-refractivity contribution in [2.24, 2.45) is 0 Å². The minimum absolute atomic E-state index is 0.0611. The molecule has 26 heavy (non-hydrogen) atoms. The molecule has 0 fully saturated rings. The highest BCUT2D eigenvalue weighted by atomic mass is 28.4. The molecule has 0 aliphatic heterocycles. The third kappa shape index (κ3) is 6.50. The van der Waals surface area contributed by atoms with Crippen LogP contribution >= 0.6 is 0 Å². The number of carboxylic acids is 1. The second-order valence-corrected chi connectivity index (χ2v) is 12.4. The third-order valence-corrected chi connectivity index (χ3v) is 9.02. The fourth-order valence-electron chi connectivity index (χ4n) is 2.00. The van der Waals surface area contributed by atoms with Gasteiger partial charge in [0.15, 0.2) is 8.32 Å². The van der Waals surface area contributed by atoms with Gasteiger partial charge in [-0.25, -0.2) is 9.78 Å². The van der Waals surface area contributed by atoms with Gasteiger partial charge in [0.2, 0.25) is 0 Å². The highest BCUT2D eigenvalue weighted by Crippen LogP contribution is 2.37. The summed E-state index contributed by atoms with van der Waals surface area (Å²) in [5, 5.41) is 18.4. The van der Waals surface area contributed by atoms with Crippen LogP contribution in [0.4, 0.5) is 5.82 Å². The van der Waals surface area contributed by atoms with Crippen molar-refractivity contribution < 1.29 is 14.3 Å². The average Bonchev–Trinajstić information content (AvgIpc) is 2.52.